The molecule has 1 unspecified atom stereocenters. The lowest BCUT2D eigenvalue weighted by molar-refractivity contribution is -0.143. The highest BCUT2D eigenvalue weighted by Crippen LogP contribution is 2.36. The summed E-state index contributed by atoms with van der Waals surface area (Å²) in [6, 6.07) is 18.1. The number of methoxy groups -OCH3 is 1. The summed E-state index contributed by atoms with van der Waals surface area (Å²) >= 11 is 0. The predicted octanol–water partition coefficient (Wildman–Crippen LogP) is 1.94. The van der Waals surface area contributed by atoms with Crippen LogP contribution in [0.1, 0.15) is 24.0 Å². The van der Waals surface area contributed by atoms with Crippen LogP contribution in [0, 0.1) is 5.41 Å². The second-order valence-electron chi connectivity index (χ2n) is 7.94. The second-order valence-corrected chi connectivity index (χ2v) is 7.94. The van der Waals surface area contributed by atoms with Crippen LogP contribution in [0.5, 0.6) is 5.75 Å². The van der Waals surface area contributed by atoms with Crippen LogP contribution in [0.2, 0.25) is 0 Å². The van der Waals surface area contributed by atoms with E-state index in [1.54, 1.807) is 7.11 Å². The highest BCUT2D eigenvalue weighted by atomic mass is 16.5. The molecule has 2 aromatic rings. The SMILES string of the molecule is COc1cccc(CC2(C(=O)NCC(N)=O)CN(CC(C)c3ccccc3)C2)c1. The average molecular weight is 396 g/mol. The van der Waals surface area contributed by atoms with Crippen molar-refractivity contribution in [2.45, 2.75) is 19.3 Å². The maximum absolute atomic E-state index is 12.9. The first-order valence-corrected chi connectivity index (χ1v) is 9.89. The average Bonchev–Trinajstić information content (AvgIpc) is 2.70. The highest BCUT2D eigenvalue weighted by Gasteiger charge is 2.49. The molecule has 1 saturated heterocycles. The minimum absolute atomic E-state index is 0.122. The van der Waals surface area contributed by atoms with Crippen LogP contribution in [0.4, 0.5) is 0 Å². The van der Waals surface area contributed by atoms with Crippen LogP contribution in [0.3, 0.4) is 0 Å². The van der Waals surface area contributed by atoms with Gasteiger partial charge in [-0.1, -0.05) is 49.4 Å². The van der Waals surface area contributed by atoms with Crippen molar-refractivity contribution >= 4 is 11.8 Å². The zero-order valence-corrected chi connectivity index (χ0v) is 17.1. The highest BCUT2D eigenvalue weighted by molar-refractivity contribution is 5.88. The molecule has 3 N–H and O–H groups in total. The van der Waals surface area contributed by atoms with E-state index in [1.165, 1.54) is 5.56 Å². The van der Waals surface area contributed by atoms with Crippen molar-refractivity contribution in [1.29, 1.82) is 0 Å². The third-order valence-corrected chi connectivity index (χ3v) is 5.53. The van der Waals surface area contributed by atoms with Crippen molar-refractivity contribution in [3.63, 3.8) is 0 Å². The molecule has 6 heteroatoms. The van der Waals surface area contributed by atoms with Crippen LogP contribution in [-0.4, -0.2) is 50.0 Å². The summed E-state index contributed by atoms with van der Waals surface area (Å²) in [6.45, 7) is 4.23. The minimum Gasteiger partial charge on any atom is -0.497 e. The van der Waals surface area contributed by atoms with E-state index in [4.69, 9.17) is 10.5 Å². The molecule has 2 aromatic carbocycles. The molecule has 0 aliphatic carbocycles. The molecule has 1 aliphatic heterocycles. The van der Waals surface area contributed by atoms with Gasteiger partial charge in [-0.15, -0.1) is 0 Å². The zero-order valence-electron chi connectivity index (χ0n) is 17.1. The standard InChI is InChI=1S/C23H29N3O3/c1-17(19-8-4-3-5-9-19)14-26-15-23(16-26,22(28)25-13-21(24)27)12-18-7-6-10-20(11-18)29-2/h3-11,17H,12-16H2,1-2H3,(H2,24,27)(H,25,28). The van der Waals surface area contributed by atoms with Crippen LogP contribution < -0.4 is 15.8 Å². The van der Waals surface area contributed by atoms with E-state index < -0.39 is 11.3 Å². The summed E-state index contributed by atoms with van der Waals surface area (Å²) in [7, 11) is 1.63. The number of carbonyl (C=O) groups is 2. The number of primary amides is 1. The normalized spacial score (nSPS) is 16.5. The number of nitrogens with zero attached hydrogens (tertiary/aromatic N) is 1. The summed E-state index contributed by atoms with van der Waals surface area (Å²) in [5.74, 6) is 0.482. The lowest BCUT2D eigenvalue weighted by atomic mass is 9.73. The van der Waals surface area contributed by atoms with Crippen LogP contribution >= 0.6 is 0 Å². The van der Waals surface area contributed by atoms with Gasteiger partial charge in [-0.2, -0.15) is 0 Å². The van der Waals surface area contributed by atoms with E-state index in [-0.39, 0.29) is 12.5 Å². The number of amides is 2. The van der Waals surface area contributed by atoms with Crippen LogP contribution in [0.15, 0.2) is 54.6 Å². The molecular formula is C23H29N3O3. The number of rotatable bonds is 9. The van der Waals surface area contributed by atoms with Crippen molar-refractivity contribution in [3.05, 3.63) is 65.7 Å². The number of carbonyl (C=O) groups excluding carboxylic acids is 2. The van der Waals surface area contributed by atoms with E-state index in [0.29, 0.717) is 25.4 Å². The van der Waals surface area contributed by atoms with Crippen molar-refractivity contribution in [2.75, 3.05) is 33.3 Å². The first-order chi connectivity index (χ1) is 13.9. The first kappa shape index (κ1) is 20.9. The van der Waals surface area contributed by atoms with E-state index in [0.717, 1.165) is 17.9 Å². The van der Waals surface area contributed by atoms with Gasteiger partial charge in [0.25, 0.3) is 0 Å². The smallest absolute Gasteiger partial charge is 0.236 e. The number of benzene rings is 2. The van der Waals surface area contributed by atoms with E-state index in [1.807, 2.05) is 42.5 Å². The maximum atomic E-state index is 12.9. The molecule has 0 saturated carbocycles. The number of hydrogen-bond acceptors (Lipinski definition) is 4. The van der Waals surface area contributed by atoms with Crippen molar-refractivity contribution in [2.24, 2.45) is 11.1 Å². The van der Waals surface area contributed by atoms with Gasteiger partial charge in [0.15, 0.2) is 0 Å². The number of nitrogens with one attached hydrogen (secondary N) is 1. The lowest BCUT2D eigenvalue weighted by Gasteiger charge is -2.50. The molecular weight excluding hydrogens is 366 g/mol. The quantitative estimate of drug-likeness (QED) is 0.680. The van der Waals surface area contributed by atoms with Gasteiger partial charge >= 0.3 is 0 Å². The summed E-state index contributed by atoms with van der Waals surface area (Å²) in [6.07, 6.45) is 0.588. The Morgan fingerprint density at radius 1 is 1.17 bits per heavy atom. The largest absolute Gasteiger partial charge is 0.497 e. The van der Waals surface area contributed by atoms with E-state index in [9.17, 15) is 9.59 Å². The second kappa shape index (κ2) is 9.09. The molecule has 0 radical (unpaired) electrons. The molecule has 0 bridgehead atoms. The molecule has 1 aliphatic rings. The Hall–Kier alpha value is -2.86. The van der Waals surface area contributed by atoms with Crippen molar-refractivity contribution in [1.82, 2.24) is 10.2 Å². The molecule has 1 heterocycles. The van der Waals surface area contributed by atoms with Gasteiger partial charge in [-0.05, 0) is 35.6 Å². The van der Waals surface area contributed by atoms with Gasteiger partial charge in [-0.25, -0.2) is 0 Å². The summed E-state index contributed by atoms with van der Waals surface area (Å²) in [5.41, 5.74) is 6.96. The first-order valence-electron chi connectivity index (χ1n) is 9.89. The molecule has 1 fully saturated rings. The number of hydrogen-bond donors (Lipinski definition) is 2. The van der Waals surface area contributed by atoms with E-state index in [2.05, 4.69) is 29.3 Å². The Morgan fingerprint density at radius 3 is 2.55 bits per heavy atom. The predicted molar refractivity (Wildman–Crippen MR) is 113 cm³/mol. The van der Waals surface area contributed by atoms with Crippen LogP contribution in [-0.2, 0) is 16.0 Å². The molecule has 29 heavy (non-hydrogen) atoms. The van der Waals surface area contributed by atoms with Gasteiger partial charge in [-0.3, -0.25) is 9.59 Å². The van der Waals surface area contributed by atoms with Gasteiger partial charge < -0.3 is 20.7 Å². The number of likely N-dealkylation sites (tertiary alicyclic amines) is 1. The molecule has 0 spiro atoms. The Morgan fingerprint density at radius 2 is 1.90 bits per heavy atom. The fourth-order valence-corrected chi connectivity index (χ4v) is 4.08. The summed E-state index contributed by atoms with van der Waals surface area (Å²) < 4.78 is 5.31. The third-order valence-electron chi connectivity index (χ3n) is 5.53. The maximum Gasteiger partial charge on any atom is 0.236 e. The fraction of sp³-hybridized carbons (Fsp3) is 0.391. The minimum atomic E-state index is -0.571. The summed E-state index contributed by atoms with van der Waals surface area (Å²) in [4.78, 5) is 26.4. The monoisotopic (exact) mass is 395 g/mol. The fourth-order valence-electron chi connectivity index (χ4n) is 4.08. The Kier molecular flexibility index (Phi) is 6.54. The van der Waals surface area contributed by atoms with Gasteiger partial charge in [0, 0.05) is 19.6 Å². The molecule has 154 valence electrons. The van der Waals surface area contributed by atoms with Gasteiger partial charge in [0.05, 0.1) is 19.1 Å². The lowest BCUT2D eigenvalue weighted by Crippen LogP contribution is -2.65. The van der Waals surface area contributed by atoms with Crippen LogP contribution in [0.25, 0.3) is 0 Å². The molecule has 1 atom stereocenters. The molecule has 6 nitrogen and oxygen atoms in total. The number of ether oxygens (including phenoxy) is 1. The topological polar surface area (TPSA) is 84.7 Å². The number of nitrogens with two attached hydrogens (primary N) is 1. The van der Waals surface area contributed by atoms with Crippen molar-refractivity contribution < 1.29 is 14.3 Å². The Bertz CT molecular complexity index is 847. The Balaban J connectivity index is 1.70. The third kappa shape index (κ3) is 5.15. The Labute approximate surface area is 172 Å². The van der Waals surface area contributed by atoms with Crippen molar-refractivity contribution in [3.8, 4) is 5.75 Å². The van der Waals surface area contributed by atoms with Gasteiger partial charge in [0.2, 0.25) is 11.8 Å². The zero-order chi connectivity index (χ0) is 20.9. The molecule has 0 aromatic heterocycles. The molecule has 2 amide bonds. The molecule has 3 rings (SSSR count). The summed E-state index contributed by atoms with van der Waals surface area (Å²) in [5, 5.41) is 2.71. The van der Waals surface area contributed by atoms with Gasteiger partial charge in [0.1, 0.15) is 5.75 Å². The van der Waals surface area contributed by atoms with E-state index >= 15 is 0 Å².